The van der Waals surface area contributed by atoms with E-state index in [1.165, 1.54) is 6.07 Å². The van der Waals surface area contributed by atoms with Gasteiger partial charge in [0.1, 0.15) is 17.2 Å². The van der Waals surface area contributed by atoms with Crippen molar-refractivity contribution in [2.45, 2.75) is 45.3 Å². The molecule has 0 aliphatic carbocycles. The van der Waals surface area contributed by atoms with E-state index in [0.29, 0.717) is 38.0 Å². The fourth-order valence-corrected chi connectivity index (χ4v) is 3.51. The van der Waals surface area contributed by atoms with Crippen molar-refractivity contribution in [2.75, 3.05) is 6.61 Å². The van der Waals surface area contributed by atoms with Gasteiger partial charge in [0, 0.05) is 29.5 Å². The third kappa shape index (κ3) is 5.02. The number of halogens is 3. The number of aromatic nitrogens is 2. The number of rotatable bonds is 9. The van der Waals surface area contributed by atoms with Crippen LogP contribution >= 0.6 is 0 Å². The molecule has 0 radical (unpaired) electrons. The van der Waals surface area contributed by atoms with Gasteiger partial charge in [-0.2, -0.15) is 23.5 Å². The minimum Gasteiger partial charge on any atom is -0.507 e. The summed E-state index contributed by atoms with van der Waals surface area (Å²) in [5.74, 6) is -0.243. The Kier molecular flexibility index (Phi) is 7.03. The van der Waals surface area contributed by atoms with E-state index >= 15 is 0 Å². The van der Waals surface area contributed by atoms with E-state index in [2.05, 4.69) is 11.2 Å². The predicted octanol–water partition coefficient (Wildman–Crippen LogP) is 5.16. The molecule has 0 fully saturated rings. The maximum Gasteiger partial charge on any atom is 0.433 e. The molecule has 0 aliphatic heterocycles. The van der Waals surface area contributed by atoms with Crippen LogP contribution in [0.2, 0.25) is 0 Å². The Morgan fingerprint density at radius 3 is 2.75 bits per heavy atom. The molecule has 0 unspecified atom stereocenters. The summed E-state index contributed by atoms with van der Waals surface area (Å²) < 4.78 is 46.3. The standard InChI is InChI=1S/C23H23F3N4O2/c1-2-4-17-20(8-6-18(21(17)31)22(28)23(24,25)26)32-12-3-11-30-19-7-5-15(9-10-27)13-16(19)14-29-30/h5-8,13-14,28,31H,2-4,9,11-12H2,1H3. The highest BCUT2D eigenvalue weighted by Crippen LogP contribution is 2.36. The van der Waals surface area contributed by atoms with Gasteiger partial charge in [-0.25, -0.2) is 0 Å². The van der Waals surface area contributed by atoms with E-state index in [1.807, 2.05) is 29.8 Å². The molecule has 0 bridgehead atoms. The molecule has 2 N–H and O–H groups in total. The van der Waals surface area contributed by atoms with Gasteiger partial charge in [-0.05, 0) is 36.2 Å². The second kappa shape index (κ2) is 9.73. The van der Waals surface area contributed by atoms with E-state index in [0.717, 1.165) is 22.5 Å². The van der Waals surface area contributed by atoms with E-state index in [4.69, 9.17) is 15.4 Å². The van der Waals surface area contributed by atoms with Crippen LogP contribution in [-0.2, 0) is 19.4 Å². The quantitative estimate of drug-likeness (QED) is 0.352. The van der Waals surface area contributed by atoms with Gasteiger partial charge in [-0.15, -0.1) is 0 Å². The number of phenols is 1. The summed E-state index contributed by atoms with van der Waals surface area (Å²) in [6.07, 6.45) is -1.25. The lowest BCUT2D eigenvalue weighted by molar-refractivity contribution is -0.0588. The average molecular weight is 444 g/mol. The van der Waals surface area contributed by atoms with Gasteiger partial charge < -0.3 is 9.84 Å². The summed E-state index contributed by atoms with van der Waals surface area (Å²) in [6, 6.07) is 10.3. The smallest absolute Gasteiger partial charge is 0.433 e. The highest BCUT2D eigenvalue weighted by atomic mass is 19.4. The highest BCUT2D eigenvalue weighted by molar-refractivity contribution is 6.04. The van der Waals surface area contributed by atoms with Crippen LogP contribution in [0.5, 0.6) is 11.5 Å². The molecule has 9 heteroatoms. The number of phenolic OH excluding ortho intramolecular Hbond substituents is 1. The number of hydrogen-bond acceptors (Lipinski definition) is 5. The topological polar surface area (TPSA) is 94.9 Å². The molecule has 0 aliphatic rings. The number of aromatic hydroxyl groups is 1. The van der Waals surface area contributed by atoms with Crippen LogP contribution in [0.1, 0.15) is 36.5 Å². The van der Waals surface area contributed by atoms with E-state index in [9.17, 15) is 18.3 Å². The molecule has 1 aromatic heterocycles. The molecule has 0 amide bonds. The number of alkyl halides is 3. The van der Waals surface area contributed by atoms with Gasteiger partial charge in [-0.1, -0.05) is 19.4 Å². The van der Waals surface area contributed by atoms with Crippen molar-refractivity contribution in [1.82, 2.24) is 9.78 Å². The normalized spacial score (nSPS) is 11.5. The molecule has 0 saturated heterocycles. The van der Waals surface area contributed by atoms with Crippen molar-refractivity contribution in [3.8, 4) is 17.6 Å². The van der Waals surface area contributed by atoms with Crippen LogP contribution in [0.15, 0.2) is 36.5 Å². The first kappa shape index (κ1) is 23.1. The lowest BCUT2D eigenvalue weighted by Gasteiger charge is -2.17. The molecule has 0 saturated carbocycles. The number of nitrogens with zero attached hydrogens (tertiary/aromatic N) is 3. The Bertz CT molecular complexity index is 1160. The Morgan fingerprint density at radius 1 is 1.28 bits per heavy atom. The van der Waals surface area contributed by atoms with Crippen LogP contribution in [-0.4, -0.2) is 33.4 Å². The van der Waals surface area contributed by atoms with E-state index < -0.39 is 23.2 Å². The monoisotopic (exact) mass is 444 g/mol. The zero-order chi connectivity index (χ0) is 23.3. The lowest BCUT2D eigenvalue weighted by atomic mass is 10.00. The van der Waals surface area contributed by atoms with Crippen molar-refractivity contribution in [1.29, 1.82) is 10.7 Å². The van der Waals surface area contributed by atoms with E-state index in [-0.39, 0.29) is 12.2 Å². The Hall–Kier alpha value is -3.54. The number of nitriles is 1. The minimum atomic E-state index is -4.84. The second-order valence-corrected chi connectivity index (χ2v) is 7.36. The first-order chi connectivity index (χ1) is 15.3. The zero-order valence-electron chi connectivity index (χ0n) is 17.5. The summed E-state index contributed by atoms with van der Waals surface area (Å²) in [6.45, 7) is 2.68. The minimum absolute atomic E-state index is 0.272. The maximum absolute atomic E-state index is 12.9. The van der Waals surface area contributed by atoms with Gasteiger partial charge in [-0.3, -0.25) is 10.1 Å². The fraction of sp³-hybridized carbons (Fsp3) is 0.348. The van der Waals surface area contributed by atoms with Gasteiger partial charge in [0.05, 0.1) is 30.8 Å². The number of ether oxygens (including phenoxy) is 1. The Morgan fingerprint density at radius 2 is 2.06 bits per heavy atom. The van der Waals surface area contributed by atoms with Crippen molar-refractivity contribution in [2.24, 2.45) is 0 Å². The van der Waals surface area contributed by atoms with Gasteiger partial charge in [0.2, 0.25) is 0 Å². The van der Waals surface area contributed by atoms with Crippen LogP contribution in [0.4, 0.5) is 13.2 Å². The number of benzene rings is 2. The first-order valence-corrected chi connectivity index (χ1v) is 10.2. The molecule has 32 heavy (non-hydrogen) atoms. The van der Waals surface area contributed by atoms with Crippen LogP contribution in [0.3, 0.4) is 0 Å². The fourth-order valence-electron chi connectivity index (χ4n) is 3.51. The maximum atomic E-state index is 12.9. The summed E-state index contributed by atoms with van der Waals surface area (Å²) in [4.78, 5) is 0. The first-order valence-electron chi connectivity index (χ1n) is 10.2. The SMILES string of the molecule is CCCc1c(OCCCn2ncc3cc(CC#N)ccc32)ccc(C(=N)C(F)(F)F)c1O. The van der Waals surface area contributed by atoms with E-state index in [1.54, 1.807) is 6.20 Å². The molecular formula is C23H23F3N4O2. The Balaban J connectivity index is 1.68. The summed E-state index contributed by atoms with van der Waals surface area (Å²) in [7, 11) is 0. The van der Waals surface area contributed by atoms with Gasteiger partial charge in [0.15, 0.2) is 0 Å². The largest absolute Gasteiger partial charge is 0.507 e. The number of hydrogen-bond donors (Lipinski definition) is 2. The highest BCUT2D eigenvalue weighted by Gasteiger charge is 2.37. The van der Waals surface area contributed by atoms with Crippen LogP contribution < -0.4 is 4.74 Å². The van der Waals surface area contributed by atoms with Crippen LogP contribution in [0.25, 0.3) is 10.9 Å². The lowest BCUT2D eigenvalue weighted by Crippen LogP contribution is -2.23. The average Bonchev–Trinajstić information content (AvgIpc) is 3.15. The molecule has 6 nitrogen and oxygen atoms in total. The molecule has 0 atom stereocenters. The summed E-state index contributed by atoms with van der Waals surface area (Å²) in [5, 5.41) is 31.8. The molecular weight excluding hydrogens is 421 g/mol. The van der Waals surface area contributed by atoms with Crippen molar-refractivity contribution in [3.63, 3.8) is 0 Å². The zero-order valence-corrected chi connectivity index (χ0v) is 17.5. The molecule has 3 aromatic rings. The van der Waals surface area contributed by atoms with Crippen LogP contribution in [0, 0.1) is 16.7 Å². The van der Waals surface area contributed by atoms with Gasteiger partial charge >= 0.3 is 6.18 Å². The number of aryl methyl sites for hydroxylation is 1. The molecule has 0 spiro atoms. The third-order valence-corrected chi connectivity index (χ3v) is 5.05. The van der Waals surface area contributed by atoms with Crippen molar-refractivity contribution < 1.29 is 23.0 Å². The molecule has 1 heterocycles. The molecule has 3 rings (SSSR count). The van der Waals surface area contributed by atoms with Crippen molar-refractivity contribution >= 4 is 16.6 Å². The summed E-state index contributed by atoms with van der Waals surface area (Å²) >= 11 is 0. The Labute approximate surface area is 183 Å². The number of fused-ring (bicyclic) bond motifs is 1. The molecule has 168 valence electrons. The second-order valence-electron chi connectivity index (χ2n) is 7.36. The molecule has 2 aromatic carbocycles. The third-order valence-electron chi connectivity index (χ3n) is 5.05. The predicted molar refractivity (Wildman–Crippen MR) is 114 cm³/mol. The summed E-state index contributed by atoms with van der Waals surface area (Å²) in [5.41, 5.74) is 0.00208. The van der Waals surface area contributed by atoms with Crippen molar-refractivity contribution in [3.05, 3.63) is 53.2 Å². The van der Waals surface area contributed by atoms with Gasteiger partial charge in [0.25, 0.3) is 0 Å². The number of nitrogens with one attached hydrogen (secondary N) is 1.